The van der Waals surface area contributed by atoms with Crippen LogP contribution in [0.5, 0.6) is 0 Å². The second-order valence-electron chi connectivity index (χ2n) is 4.68. The molecule has 0 unspecified atom stereocenters. The molecule has 0 saturated heterocycles. The highest BCUT2D eigenvalue weighted by Gasteiger charge is 2.15. The van der Waals surface area contributed by atoms with Crippen LogP contribution in [0.3, 0.4) is 0 Å². The van der Waals surface area contributed by atoms with Crippen LogP contribution in [0.1, 0.15) is 31.1 Å². The van der Waals surface area contributed by atoms with E-state index in [1.54, 1.807) is 19.0 Å². The third kappa shape index (κ3) is 2.16. The first-order valence-corrected chi connectivity index (χ1v) is 4.72. The van der Waals surface area contributed by atoms with E-state index < -0.39 is 0 Å². The van der Waals surface area contributed by atoms with Crippen LogP contribution in [0.25, 0.3) is 0 Å². The number of nitrogens with zero attached hydrogens (tertiary/aromatic N) is 2. The van der Waals surface area contributed by atoms with Crippen LogP contribution in [0, 0.1) is 0 Å². The van der Waals surface area contributed by atoms with Gasteiger partial charge in [-0.05, 0) is 26.8 Å². The number of rotatable bonds is 1. The standard InChI is InChI=1S/C11H18N2O/c1-11(2,3)13-7-6-9(8-13)10(14)12(4)5/h6-8H,1-5H3. The van der Waals surface area contributed by atoms with Gasteiger partial charge in [-0.2, -0.15) is 0 Å². The van der Waals surface area contributed by atoms with Crippen LogP contribution in [-0.4, -0.2) is 29.5 Å². The first kappa shape index (κ1) is 10.8. The van der Waals surface area contributed by atoms with Crippen LogP contribution in [-0.2, 0) is 5.54 Å². The summed E-state index contributed by atoms with van der Waals surface area (Å²) in [6.07, 6.45) is 3.83. The van der Waals surface area contributed by atoms with Gasteiger partial charge in [-0.3, -0.25) is 4.79 Å². The van der Waals surface area contributed by atoms with Crippen molar-refractivity contribution < 1.29 is 4.79 Å². The van der Waals surface area contributed by atoms with Crippen molar-refractivity contribution in [2.45, 2.75) is 26.3 Å². The molecular formula is C11H18N2O. The van der Waals surface area contributed by atoms with Gasteiger partial charge in [-0.15, -0.1) is 0 Å². The summed E-state index contributed by atoms with van der Waals surface area (Å²) < 4.78 is 2.05. The van der Waals surface area contributed by atoms with E-state index in [0.29, 0.717) is 0 Å². The topological polar surface area (TPSA) is 25.2 Å². The molecule has 1 heterocycles. The van der Waals surface area contributed by atoms with E-state index in [1.807, 2.05) is 23.0 Å². The third-order valence-corrected chi connectivity index (χ3v) is 2.12. The molecule has 0 saturated carbocycles. The van der Waals surface area contributed by atoms with Crippen LogP contribution < -0.4 is 0 Å². The van der Waals surface area contributed by atoms with E-state index in [1.165, 1.54) is 0 Å². The van der Waals surface area contributed by atoms with Crippen molar-refractivity contribution in [1.82, 2.24) is 9.47 Å². The molecule has 1 rings (SSSR count). The van der Waals surface area contributed by atoms with E-state index in [2.05, 4.69) is 20.8 Å². The number of aromatic nitrogens is 1. The molecule has 0 aliphatic rings. The SMILES string of the molecule is CN(C)C(=O)c1ccn(C(C)(C)C)c1. The molecule has 0 aliphatic heterocycles. The highest BCUT2D eigenvalue weighted by Crippen LogP contribution is 2.16. The Morgan fingerprint density at radius 1 is 1.36 bits per heavy atom. The summed E-state index contributed by atoms with van der Waals surface area (Å²) in [5.74, 6) is 0.0491. The Labute approximate surface area is 85.3 Å². The molecule has 0 fully saturated rings. The second kappa shape index (κ2) is 3.48. The minimum Gasteiger partial charge on any atom is -0.348 e. The zero-order valence-corrected chi connectivity index (χ0v) is 9.53. The molecule has 1 aromatic heterocycles. The van der Waals surface area contributed by atoms with Gasteiger partial charge in [-0.1, -0.05) is 0 Å². The van der Waals surface area contributed by atoms with Gasteiger partial charge in [-0.25, -0.2) is 0 Å². The lowest BCUT2D eigenvalue weighted by atomic mass is 10.1. The first-order chi connectivity index (χ1) is 6.32. The van der Waals surface area contributed by atoms with E-state index >= 15 is 0 Å². The molecule has 0 atom stereocenters. The van der Waals surface area contributed by atoms with E-state index in [-0.39, 0.29) is 11.4 Å². The Hall–Kier alpha value is -1.25. The van der Waals surface area contributed by atoms with Gasteiger partial charge in [0.2, 0.25) is 0 Å². The fourth-order valence-corrected chi connectivity index (χ4v) is 1.20. The monoisotopic (exact) mass is 194 g/mol. The summed E-state index contributed by atoms with van der Waals surface area (Å²) >= 11 is 0. The van der Waals surface area contributed by atoms with Gasteiger partial charge in [0, 0.05) is 32.0 Å². The lowest BCUT2D eigenvalue weighted by molar-refractivity contribution is 0.0827. The Kier molecular flexibility index (Phi) is 2.69. The van der Waals surface area contributed by atoms with Crippen LogP contribution in [0.2, 0.25) is 0 Å². The predicted molar refractivity (Wildman–Crippen MR) is 57.4 cm³/mol. The molecular weight excluding hydrogens is 176 g/mol. The zero-order chi connectivity index (χ0) is 10.9. The average molecular weight is 194 g/mol. The zero-order valence-electron chi connectivity index (χ0n) is 9.53. The second-order valence-corrected chi connectivity index (χ2v) is 4.68. The summed E-state index contributed by atoms with van der Waals surface area (Å²) in [7, 11) is 3.52. The van der Waals surface area contributed by atoms with Crippen LogP contribution >= 0.6 is 0 Å². The van der Waals surface area contributed by atoms with Crippen LogP contribution in [0.15, 0.2) is 18.5 Å². The summed E-state index contributed by atoms with van der Waals surface area (Å²) in [5, 5.41) is 0. The average Bonchev–Trinajstić information content (AvgIpc) is 2.49. The van der Waals surface area contributed by atoms with Crippen molar-refractivity contribution in [3.8, 4) is 0 Å². The van der Waals surface area contributed by atoms with E-state index in [4.69, 9.17) is 0 Å². The van der Waals surface area contributed by atoms with Gasteiger partial charge in [0.25, 0.3) is 5.91 Å². The predicted octanol–water partition coefficient (Wildman–Crippen LogP) is 1.94. The molecule has 3 heteroatoms. The fraction of sp³-hybridized carbons (Fsp3) is 0.545. The minimum absolute atomic E-state index is 0.0326. The number of carbonyl (C=O) groups excluding carboxylic acids is 1. The smallest absolute Gasteiger partial charge is 0.254 e. The maximum absolute atomic E-state index is 11.6. The normalized spacial score (nSPS) is 11.5. The van der Waals surface area contributed by atoms with Gasteiger partial charge >= 0.3 is 0 Å². The summed E-state index contributed by atoms with van der Waals surface area (Å²) in [5.41, 5.74) is 0.773. The molecule has 3 nitrogen and oxygen atoms in total. The number of hydrogen-bond acceptors (Lipinski definition) is 1. The van der Waals surface area contributed by atoms with Gasteiger partial charge in [0.1, 0.15) is 0 Å². The van der Waals surface area contributed by atoms with Crippen molar-refractivity contribution in [2.75, 3.05) is 14.1 Å². The molecule has 1 amide bonds. The lowest BCUT2D eigenvalue weighted by Gasteiger charge is -2.20. The quantitative estimate of drug-likeness (QED) is 0.670. The van der Waals surface area contributed by atoms with Crippen molar-refractivity contribution in [2.24, 2.45) is 0 Å². The van der Waals surface area contributed by atoms with Crippen molar-refractivity contribution in [3.63, 3.8) is 0 Å². The molecule has 78 valence electrons. The number of hydrogen-bond donors (Lipinski definition) is 0. The fourth-order valence-electron chi connectivity index (χ4n) is 1.20. The van der Waals surface area contributed by atoms with Gasteiger partial charge in [0.15, 0.2) is 0 Å². The maximum atomic E-state index is 11.6. The van der Waals surface area contributed by atoms with Crippen molar-refractivity contribution in [1.29, 1.82) is 0 Å². The Balaban J connectivity index is 2.95. The molecule has 0 radical (unpaired) electrons. The highest BCUT2D eigenvalue weighted by atomic mass is 16.2. The summed E-state index contributed by atoms with van der Waals surface area (Å²) in [4.78, 5) is 13.2. The number of amides is 1. The molecule has 0 aromatic carbocycles. The molecule has 0 bridgehead atoms. The molecule has 14 heavy (non-hydrogen) atoms. The van der Waals surface area contributed by atoms with E-state index in [0.717, 1.165) is 5.56 Å². The molecule has 0 N–H and O–H groups in total. The molecule has 1 aromatic rings. The minimum atomic E-state index is 0.0326. The largest absolute Gasteiger partial charge is 0.348 e. The maximum Gasteiger partial charge on any atom is 0.254 e. The number of carbonyl (C=O) groups is 1. The van der Waals surface area contributed by atoms with Crippen LogP contribution in [0.4, 0.5) is 0 Å². The van der Waals surface area contributed by atoms with Gasteiger partial charge in [0.05, 0.1) is 5.56 Å². The molecule has 0 spiro atoms. The van der Waals surface area contributed by atoms with Gasteiger partial charge < -0.3 is 9.47 Å². The van der Waals surface area contributed by atoms with Crippen molar-refractivity contribution in [3.05, 3.63) is 24.0 Å². The van der Waals surface area contributed by atoms with Crippen molar-refractivity contribution >= 4 is 5.91 Å². The third-order valence-electron chi connectivity index (χ3n) is 2.12. The Morgan fingerprint density at radius 2 is 1.93 bits per heavy atom. The highest BCUT2D eigenvalue weighted by molar-refractivity contribution is 5.93. The Bertz CT molecular complexity index is 331. The Morgan fingerprint density at radius 3 is 2.29 bits per heavy atom. The van der Waals surface area contributed by atoms with E-state index in [9.17, 15) is 4.79 Å². The lowest BCUT2D eigenvalue weighted by Crippen LogP contribution is -2.22. The molecule has 0 aliphatic carbocycles. The summed E-state index contributed by atoms with van der Waals surface area (Å²) in [6.45, 7) is 6.32. The summed E-state index contributed by atoms with van der Waals surface area (Å²) in [6, 6.07) is 1.85. The first-order valence-electron chi connectivity index (χ1n) is 4.72.